The molecule has 1 N–H and O–H groups in total. The molecule has 1 unspecified atom stereocenters. The summed E-state index contributed by atoms with van der Waals surface area (Å²) in [6.07, 6.45) is -4.12. The van der Waals surface area contributed by atoms with Crippen LogP contribution in [0.25, 0.3) is 0 Å². The van der Waals surface area contributed by atoms with E-state index in [9.17, 15) is 13.2 Å². The SMILES string of the molecule is CC(O)CCN(C)c1ccc(C(F)(F)F)cc1. The fourth-order valence-electron chi connectivity index (χ4n) is 1.41. The average molecular weight is 247 g/mol. The second-order valence-corrected chi connectivity index (χ2v) is 4.10. The van der Waals surface area contributed by atoms with Crippen LogP contribution in [0.2, 0.25) is 0 Å². The number of anilines is 1. The number of aliphatic hydroxyl groups is 1. The highest BCUT2D eigenvalue weighted by Crippen LogP contribution is 2.30. The Kier molecular flexibility index (Phi) is 4.40. The van der Waals surface area contributed by atoms with Crippen molar-refractivity contribution in [1.29, 1.82) is 0 Å². The monoisotopic (exact) mass is 247 g/mol. The third kappa shape index (κ3) is 4.26. The Morgan fingerprint density at radius 2 is 1.76 bits per heavy atom. The number of aliphatic hydroxyl groups excluding tert-OH is 1. The van der Waals surface area contributed by atoms with Gasteiger partial charge in [-0.1, -0.05) is 0 Å². The van der Waals surface area contributed by atoms with Crippen LogP contribution >= 0.6 is 0 Å². The molecule has 0 spiro atoms. The molecule has 1 atom stereocenters. The minimum atomic E-state index is -4.29. The Morgan fingerprint density at radius 1 is 1.24 bits per heavy atom. The predicted octanol–water partition coefficient (Wildman–Crippen LogP) is 2.91. The molecule has 1 aromatic rings. The Labute approximate surface area is 98.7 Å². The second-order valence-electron chi connectivity index (χ2n) is 4.10. The fraction of sp³-hybridized carbons (Fsp3) is 0.500. The van der Waals surface area contributed by atoms with Crippen molar-refractivity contribution in [3.8, 4) is 0 Å². The molecule has 0 saturated carbocycles. The zero-order chi connectivity index (χ0) is 13.1. The Bertz CT molecular complexity index is 346. The molecule has 0 heterocycles. The van der Waals surface area contributed by atoms with Crippen molar-refractivity contribution in [2.75, 3.05) is 18.5 Å². The summed E-state index contributed by atoms with van der Waals surface area (Å²) < 4.78 is 37.0. The quantitative estimate of drug-likeness (QED) is 0.884. The number of hydrogen-bond donors (Lipinski definition) is 1. The van der Waals surface area contributed by atoms with Crippen LogP contribution in [0.4, 0.5) is 18.9 Å². The van der Waals surface area contributed by atoms with Gasteiger partial charge in [-0.25, -0.2) is 0 Å². The van der Waals surface area contributed by atoms with Gasteiger partial charge in [-0.15, -0.1) is 0 Å². The van der Waals surface area contributed by atoms with Gasteiger partial charge in [-0.05, 0) is 37.6 Å². The maximum absolute atomic E-state index is 12.3. The van der Waals surface area contributed by atoms with E-state index >= 15 is 0 Å². The summed E-state index contributed by atoms with van der Waals surface area (Å²) >= 11 is 0. The smallest absolute Gasteiger partial charge is 0.393 e. The van der Waals surface area contributed by atoms with Gasteiger partial charge in [-0.2, -0.15) is 13.2 Å². The van der Waals surface area contributed by atoms with Crippen molar-refractivity contribution in [3.05, 3.63) is 29.8 Å². The molecule has 0 aliphatic rings. The summed E-state index contributed by atoms with van der Waals surface area (Å²) in [5.74, 6) is 0. The molecule has 0 aromatic heterocycles. The van der Waals surface area contributed by atoms with E-state index in [1.165, 1.54) is 12.1 Å². The van der Waals surface area contributed by atoms with Crippen LogP contribution < -0.4 is 4.90 Å². The third-order valence-electron chi connectivity index (χ3n) is 2.52. The molecule has 0 aliphatic heterocycles. The zero-order valence-electron chi connectivity index (χ0n) is 9.83. The first-order valence-corrected chi connectivity index (χ1v) is 5.37. The largest absolute Gasteiger partial charge is 0.416 e. The molecule has 0 saturated heterocycles. The van der Waals surface area contributed by atoms with Gasteiger partial charge >= 0.3 is 6.18 Å². The van der Waals surface area contributed by atoms with Gasteiger partial charge in [0.25, 0.3) is 0 Å². The lowest BCUT2D eigenvalue weighted by atomic mass is 10.2. The standard InChI is InChI=1S/C12H16F3NO/c1-9(17)7-8-16(2)11-5-3-10(4-6-11)12(13,14)15/h3-6,9,17H,7-8H2,1-2H3. The fourth-order valence-corrected chi connectivity index (χ4v) is 1.41. The predicted molar refractivity (Wildman–Crippen MR) is 61.0 cm³/mol. The van der Waals surface area contributed by atoms with Crippen molar-refractivity contribution < 1.29 is 18.3 Å². The first kappa shape index (κ1) is 13.8. The lowest BCUT2D eigenvalue weighted by Crippen LogP contribution is -2.21. The normalized spacial score (nSPS) is 13.5. The number of benzene rings is 1. The lowest BCUT2D eigenvalue weighted by Gasteiger charge is -2.20. The topological polar surface area (TPSA) is 23.5 Å². The molecular weight excluding hydrogens is 231 g/mol. The second kappa shape index (κ2) is 5.40. The van der Waals surface area contributed by atoms with E-state index in [0.717, 1.165) is 12.1 Å². The Morgan fingerprint density at radius 3 is 2.18 bits per heavy atom. The van der Waals surface area contributed by atoms with Crippen LogP contribution in [0.15, 0.2) is 24.3 Å². The highest BCUT2D eigenvalue weighted by atomic mass is 19.4. The van der Waals surface area contributed by atoms with E-state index in [1.54, 1.807) is 14.0 Å². The summed E-state index contributed by atoms with van der Waals surface area (Å²) in [7, 11) is 1.78. The molecule has 2 nitrogen and oxygen atoms in total. The van der Waals surface area contributed by atoms with Crippen LogP contribution in [-0.4, -0.2) is 24.8 Å². The maximum Gasteiger partial charge on any atom is 0.416 e. The van der Waals surface area contributed by atoms with E-state index in [4.69, 9.17) is 5.11 Å². The maximum atomic E-state index is 12.3. The summed E-state index contributed by atoms with van der Waals surface area (Å²) in [5, 5.41) is 9.12. The molecule has 17 heavy (non-hydrogen) atoms. The summed E-state index contributed by atoms with van der Waals surface area (Å²) in [4.78, 5) is 1.81. The van der Waals surface area contributed by atoms with Crippen LogP contribution in [0, 0.1) is 0 Å². The highest BCUT2D eigenvalue weighted by Gasteiger charge is 2.30. The number of alkyl halides is 3. The highest BCUT2D eigenvalue weighted by molar-refractivity contribution is 5.47. The van der Waals surface area contributed by atoms with Gasteiger partial charge in [0.2, 0.25) is 0 Å². The minimum Gasteiger partial charge on any atom is -0.393 e. The molecular formula is C12H16F3NO. The van der Waals surface area contributed by atoms with Crippen LogP contribution in [0.5, 0.6) is 0 Å². The van der Waals surface area contributed by atoms with Crippen molar-refractivity contribution in [1.82, 2.24) is 0 Å². The van der Waals surface area contributed by atoms with E-state index < -0.39 is 17.8 Å². The van der Waals surface area contributed by atoms with Gasteiger partial charge in [0, 0.05) is 19.3 Å². The van der Waals surface area contributed by atoms with Gasteiger partial charge < -0.3 is 10.0 Å². The molecule has 5 heteroatoms. The lowest BCUT2D eigenvalue weighted by molar-refractivity contribution is -0.137. The third-order valence-corrected chi connectivity index (χ3v) is 2.52. The Hall–Kier alpha value is -1.23. The molecule has 0 fully saturated rings. The molecule has 96 valence electrons. The Balaban J connectivity index is 2.67. The summed E-state index contributed by atoms with van der Waals surface area (Å²) in [6, 6.07) is 5.00. The van der Waals surface area contributed by atoms with Gasteiger partial charge in [0.05, 0.1) is 11.7 Å². The summed E-state index contributed by atoms with van der Waals surface area (Å²) in [6.45, 7) is 2.28. The van der Waals surface area contributed by atoms with Gasteiger partial charge in [-0.3, -0.25) is 0 Å². The first-order valence-electron chi connectivity index (χ1n) is 5.37. The number of halogens is 3. The number of hydrogen-bond acceptors (Lipinski definition) is 2. The van der Waals surface area contributed by atoms with E-state index in [0.29, 0.717) is 18.7 Å². The van der Waals surface area contributed by atoms with Crippen LogP contribution in [0.1, 0.15) is 18.9 Å². The summed E-state index contributed by atoms with van der Waals surface area (Å²) in [5.41, 5.74) is 0.0591. The molecule has 0 radical (unpaired) electrons. The van der Waals surface area contributed by atoms with E-state index in [1.807, 2.05) is 4.90 Å². The van der Waals surface area contributed by atoms with Crippen molar-refractivity contribution in [3.63, 3.8) is 0 Å². The van der Waals surface area contributed by atoms with Crippen molar-refractivity contribution >= 4 is 5.69 Å². The molecule has 0 aliphatic carbocycles. The molecule has 1 rings (SSSR count). The van der Waals surface area contributed by atoms with Gasteiger partial charge in [0.15, 0.2) is 0 Å². The molecule has 0 bridgehead atoms. The number of nitrogens with zero attached hydrogens (tertiary/aromatic N) is 1. The van der Waals surface area contributed by atoms with Crippen LogP contribution in [0.3, 0.4) is 0 Å². The van der Waals surface area contributed by atoms with E-state index in [-0.39, 0.29) is 0 Å². The molecule has 1 aromatic carbocycles. The average Bonchev–Trinajstić information content (AvgIpc) is 2.25. The zero-order valence-corrected chi connectivity index (χ0v) is 9.83. The minimum absolute atomic E-state index is 0.410. The van der Waals surface area contributed by atoms with E-state index in [2.05, 4.69) is 0 Å². The number of rotatable bonds is 4. The molecule has 0 amide bonds. The van der Waals surface area contributed by atoms with Gasteiger partial charge in [0.1, 0.15) is 0 Å². The van der Waals surface area contributed by atoms with Crippen molar-refractivity contribution in [2.45, 2.75) is 25.6 Å². The van der Waals surface area contributed by atoms with Crippen molar-refractivity contribution in [2.24, 2.45) is 0 Å². The van der Waals surface area contributed by atoms with Crippen LogP contribution in [-0.2, 0) is 6.18 Å². The first-order chi connectivity index (χ1) is 7.80.